The minimum atomic E-state index is -0.0798. The van der Waals surface area contributed by atoms with E-state index in [2.05, 4.69) is 0 Å². The average Bonchev–Trinajstić information content (AvgIpc) is 2.43. The van der Waals surface area contributed by atoms with E-state index < -0.39 is 0 Å². The second-order valence-electron chi connectivity index (χ2n) is 4.05. The third-order valence-corrected chi connectivity index (χ3v) is 3.92. The minimum absolute atomic E-state index is 0.0798. The van der Waals surface area contributed by atoms with Crippen molar-refractivity contribution in [3.8, 4) is 11.5 Å². The molecule has 1 aromatic carbocycles. The summed E-state index contributed by atoms with van der Waals surface area (Å²) in [6.45, 7) is 2.15. The fraction of sp³-hybridized carbons (Fsp3) is 0.538. The molecule has 18 heavy (non-hydrogen) atoms. The highest BCUT2D eigenvalue weighted by Gasteiger charge is 2.12. The summed E-state index contributed by atoms with van der Waals surface area (Å²) < 4.78 is 10.4. The van der Waals surface area contributed by atoms with Crippen LogP contribution in [0.2, 0.25) is 0 Å². The molecule has 0 saturated carbocycles. The molecule has 0 aliphatic rings. The first-order valence-electron chi connectivity index (χ1n) is 5.82. The van der Waals surface area contributed by atoms with Crippen molar-refractivity contribution in [3.63, 3.8) is 0 Å². The summed E-state index contributed by atoms with van der Waals surface area (Å²) in [5, 5.41) is 9.18. The number of thioether (sulfide) groups is 1. The molecule has 2 atom stereocenters. The second kappa shape index (κ2) is 7.51. The van der Waals surface area contributed by atoms with E-state index in [-0.39, 0.29) is 17.9 Å². The third-order valence-electron chi connectivity index (χ3n) is 2.65. The lowest BCUT2D eigenvalue weighted by Crippen LogP contribution is -2.16. The maximum absolute atomic E-state index is 8.97. The molecule has 0 spiro atoms. The SMILES string of the molecule is COc1ccc(C(N)CSC(C)CO)cc1OC. The van der Waals surface area contributed by atoms with E-state index in [4.69, 9.17) is 20.3 Å². The standard InChI is InChI=1S/C13H21NO3S/c1-9(7-15)18-8-11(14)10-4-5-12(16-2)13(6-10)17-3/h4-6,9,11,15H,7-8,14H2,1-3H3. The van der Waals surface area contributed by atoms with Crippen LogP contribution >= 0.6 is 11.8 Å². The molecule has 2 unspecified atom stereocenters. The largest absolute Gasteiger partial charge is 0.493 e. The van der Waals surface area contributed by atoms with Crippen LogP contribution in [0.1, 0.15) is 18.5 Å². The Bertz CT molecular complexity index is 373. The molecule has 0 radical (unpaired) electrons. The van der Waals surface area contributed by atoms with Crippen molar-refractivity contribution in [3.05, 3.63) is 23.8 Å². The molecule has 5 heteroatoms. The molecule has 0 aliphatic carbocycles. The molecule has 1 aromatic rings. The van der Waals surface area contributed by atoms with Gasteiger partial charge in [0.05, 0.1) is 20.8 Å². The summed E-state index contributed by atoms with van der Waals surface area (Å²) in [5.41, 5.74) is 7.12. The van der Waals surface area contributed by atoms with Gasteiger partial charge in [-0.3, -0.25) is 0 Å². The fourth-order valence-corrected chi connectivity index (χ4v) is 2.33. The lowest BCUT2D eigenvalue weighted by molar-refractivity contribution is 0.300. The maximum atomic E-state index is 8.97. The van der Waals surface area contributed by atoms with Crippen LogP contribution < -0.4 is 15.2 Å². The zero-order valence-electron chi connectivity index (χ0n) is 11.1. The van der Waals surface area contributed by atoms with Crippen molar-refractivity contribution in [2.24, 2.45) is 5.73 Å². The second-order valence-corrected chi connectivity index (χ2v) is 5.52. The van der Waals surface area contributed by atoms with Crippen molar-refractivity contribution in [1.29, 1.82) is 0 Å². The summed E-state index contributed by atoms with van der Waals surface area (Å²) in [6.07, 6.45) is 0. The molecular formula is C13H21NO3S. The van der Waals surface area contributed by atoms with Gasteiger partial charge in [-0.2, -0.15) is 11.8 Å². The molecule has 0 amide bonds. The first-order valence-corrected chi connectivity index (χ1v) is 6.87. The number of methoxy groups -OCH3 is 2. The highest BCUT2D eigenvalue weighted by molar-refractivity contribution is 7.99. The van der Waals surface area contributed by atoms with Crippen molar-refractivity contribution in [1.82, 2.24) is 0 Å². The summed E-state index contributed by atoms with van der Waals surface area (Å²) in [4.78, 5) is 0. The number of hydrogen-bond donors (Lipinski definition) is 2. The van der Waals surface area contributed by atoms with Gasteiger partial charge in [-0.05, 0) is 17.7 Å². The molecule has 0 aromatic heterocycles. The molecule has 4 nitrogen and oxygen atoms in total. The summed E-state index contributed by atoms with van der Waals surface area (Å²) in [7, 11) is 3.21. The zero-order valence-corrected chi connectivity index (χ0v) is 11.9. The first-order chi connectivity index (χ1) is 8.62. The monoisotopic (exact) mass is 271 g/mol. The average molecular weight is 271 g/mol. The van der Waals surface area contributed by atoms with Crippen LogP contribution in [0.15, 0.2) is 18.2 Å². The van der Waals surface area contributed by atoms with Gasteiger partial charge in [0.1, 0.15) is 0 Å². The van der Waals surface area contributed by atoms with E-state index >= 15 is 0 Å². The van der Waals surface area contributed by atoms with Crippen molar-refractivity contribution in [2.75, 3.05) is 26.6 Å². The van der Waals surface area contributed by atoms with Crippen molar-refractivity contribution < 1.29 is 14.6 Å². The number of rotatable bonds is 7. The minimum Gasteiger partial charge on any atom is -0.493 e. The zero-order chi connectivity index (χ0) is 13.5. The molecule has 102 valence electrons. The van der Waals surface area contributed by atoms with Crippen LogP contribution in [0.25, 0.3) is 0 Å². The predicted octanol–water partition coefficient (Wildman–Crippen LogP) is 1.82. The van der Waals surface area contributed by atoms with E-state index in [1.165, 1.54) is 0 Å². The Kier molecular flexibility index (Phi) is 6.32. The lowest BCUT2D eigenvalue weighted by atomic mass is 10.1. The highest BCUT2D eigenvalue weighted by atomic mass is 32.2. The van der Waals surface area contributed by atoms with E-state index in [0.717, 1.165) is 11.3 Å². The Morgan fingerprint density at radius 2 is 1.94 bits per heavy atom. The molecule has 1 rings (SSSR count). The number of hydrogen-bond acceptors (Lipinski definition) is 5. The number of aliphatic hydroxyl groups excluding tert-OH is 1. The Balaban J connectivity index is 2.70. The third kappa shape index (κ3) is 4.08. The van der Waals surface area contributed by atoms with Gasteiger partial charge in [-0.15, -0.1) is 0 Å². The van der Waals surface area contributed by atoms with Gasteiger partial charge in [0, 0.05) is 17.0 Å². The quantitative estimate of drug-likeness (QED) is 0.792. The Morgan fingerprint density at radius 1 is 1.28 bits per heavy atom. The van der Waals surface area contributed by atoms with Gasteiger partial charge in [-0.1, -0.05) is 13.0 Å². The Hall–Kier alpha value is -0.910. The van der Waals surface area contributed by atoms with Gasteiger partial charge in [0.2, 0.25) is 0 Å². The van der Waals surface area contributed by atoms with Crippen LogP contribution in [-0.2, 0) is 0 Å². The van der Waals surface area contributed by atoms with E-state index in [0.29, 0.717) is 11.5 Å². The van der Waals surface area contributed by atoms with Crippen LogP contribution in [0.4, 0.5) is 0 Å². The molecule has 3 N–H and O–H groups in total. The van der Waals surface area contributed by atoms with Crippen LogP contribution in [0.3, 0.4) is 0 Å². The normalized spacial score (nSPS) is 14.1. The molecule has 0 bridgehead atoms. The topological polar surface area (TPSA) is 64.7 Å². The Morgan fingerprint density at radius 3 is 2.50 bits per heavy atom. The van der Waals surface area contributed by atoms with Gasteiger partial charge in [0.15, 0.2) is 11.5 Å². The first kappa shape index (κ1) is 15.1. The number of benzene rings is 1. The van der Waals surface area contributed by atoms with Gasteiger partial charge in [0.25, 0.3) is 0 Å². The predicted molar refractivity (Wildman–Crippen MR) is 75.5 cm³/mol. The summed E-state index contributed by atoms with van der Waals surface area (Å²) in [6, 6.07) is 5.61. The van der Waals surface area contributed by atoms with Crippen LogP contribution in [-0.4, -0.2) is 36.9 Å². The molecule has 0 fully saturated rings. The number of nitrogens with two attached hydrogens (primary N) is 1. The van der Waals surface area contributed by atoms with E-state index in [1.807, 2.05) is 25.1 Å². The molecule has 0 heterocycles. The molecular weight excluding hydrogens is 250 g/mol. The number of aliphatic hydroxyl groups is 1. The van der Waals surface area contributed by atoms with Crippen molar-refractivity contribution in [2.45, 2.75) is 18.2 Å². The van der Waals surface area contributed by atoms with Crippen LogP contribution in [0.5, 0.6) is 11.5 Å². The number of ether oxygens (including phenoxy) is 2. The van der Waals surface area contributed by atoms with Gasteiger partial charge in [-0.25, -0.2) is 0 Å². The summed E-state index contributed by atoms with van der Waals surface area (Å²) >= 11 is 1.66. The summed E-state index contributed by atoms with van der Waals surface area (Å²) in [5.74, 6) is 2.15. The van der Waals surface area contributed by atoms with Gasteiger partial charge >= 0.3 is 0 Å². The molecule has 0 aliphatic heterocycles. The van der Waals surface area contributed by atoms with Crippen LogP contribution in [0, 0.1) is 0 Å². The molecule has 0 saturated heterocycles. The Labute approximate surface area is 112 Å². The lowest BCUT2D eigenvalue weighted by Gasteiger charge is -2.16. The fourth-order valence-electron chi connectivity index (χ4n) is 1.50. The van der Waals surface area contributed by atoms with Gasteiger partial charge < -0.3 is 20.3 Å². The highest BCUT2D eigenvalue weighted by Crippen LogP contribution is 2.30. The van der Waals surface area contributed by atoms with Crippen molar-refractivity contribution >= 4 is 11.8 Å². The maximum Gasteiger partial charge on any atom is 0.161 e. The smallest absolute Gasteiger partial charge is 0.161 e. The van der Waals surface area contributed by atoms with E-state index in [9.17, 15) is 0 Å². The van der Waals surface area contributed by atoms with E-state index in [1.54, 1.807) is 26.0 Å².